The standard InChI is InChI=1S/C49H90NO7P/c1-10-11-12-13-14-15-16-17-18-19-20-24-47(51)57-42(37-56-58(52,53)55-34-33-50(7,8)9)36-54-41-29-31-48(5)40(35-41)25-26-43-45-28-27-44(39(4)23-21-22-38(2)3)49(45,6)32-30-46(43)48/h25,38-39,41-46H,10-24,26-37H2,1-9H3/p+1/t39-,41+,42?,43+,44-,45+,46+,48+,49-/m1/s1. The number of fused-ring (bicyclic) bond motifs is 5. The third-order valence-corrected chi connectivity index (χ3v) is 16.5. The minimum absolute atomic E-state index is 0.0295. The van der Waals surface area contributed by atoms with Gasteiger partial charge in [0.15, 0.2) is 0 Å². The maximum atomic E-state index is 13.1. The monoisotopic (exact) mass is 837 g/mol. The molecule has 0 spiro atoms. The molecule has 10 atom stereocenters. The van der Waals surface area contributed by atoms with Crippen molar-refractivity contribution < 1.29 is 37.3 Å². The lowest BCUT2D eigenvalue weighted by molar-refractivity contribution is -0.870. The van der Waals surface area contributed by atoms with Gasteiger partial charge in [-0.3, -0.25) is 13.8 Å². The molecule has 8 nitrogen and oxygen atoms in total. The zero-order chi connectivity index (χ0) is 42.4. The van der Waals surface area contributed by atoms with Gasteiger partial charge in [0.05, 0.1) is 40.5 Å². The van der Waals surface area contributed by atoms with Crippen LogP contribution in [0.3, 0.4) is 0 Å². The minimum atomic E-state index is -4.32. The van der Waals surface area contributed by atoms with Crippen LogP contribution in [-0.4, -0.2) is 75.1 Å². The number of carbonyl (C=O) groups excluding carboxylic acids is 1. The van der Waals surface area contributed by atoms with Gasteiger partial charge in [0.2, 0.25) is 0 Å². The van der Waals surface area contributed by atoms with E-state index >= 15 is 0 Å². The minimum Gasteiger partial charge on any atom is -0.457 e. The molecule has 0 aromatic rings. The van der Waals surface area contributed by atoms with Gasteiger partial charge in [0.1, 0.15) is 19.3 Å². The molecule has 338 valence electrons. The van der Waals surface area contributed by atoms with Crippen LogP contribution in [0.5, 0.6) is 0 Å². The highest BCUT2D eigenvalue weighted by molar-refractivity contribution is 7.47. The van der Waals surface area contributed by atoms with E-state index in [1.165, 1.54) is 103 Å². The molecule has 1 N–H and O–H groups in total. The first-order chi connectivity index (χ1) is 27.5. The first-order valence-electron chi connectivity index (χ1n) is 24.4. The Morgan fingerprint density at radius 1 is 0.845 bits per heavy atom. The smallest absolute Gasteiger partial charge is 0.457 e. The molecule has 4 rings (SSSR count). The molecule has 4 aliphatic carbocycles. The molecule has 0 bridgehead atoms. The van der Waals surface area contributed by atoms with E-state index in [1.54, 1.807) is 5.57 Å². The normalized spacial score (nSPS) is 30.5. The number of hydrogen-bond donors (Lipinski definition) is 1. The number of unbranched alkanes of at least 4 members (excludes halogenated alkanes) is 10. The lowest BCUT2D eigenvalue weighted by Gasteiger charge is -2.58. The molecular weight excluding hydrogens is 746 g/mol. The van der Waals surface area contributed by atoms with Crippen LogP contribution in [0, 0.1) is 46.3 Å². The van der Waals surface area contributed by atoms with E-state index in [9.17, 15) is 14.3 Å². The summed E-state index contributed by atoms with van der Waals surface area (Å²) < 4.78 is 36.5. The molecule has 2 unspecified atom stereocenters. The molecule has 0 heterocycles. The van der Waals surface area contributed by atoms with E-state index in [1.807, 2.05) is 21.1 Å². The Morgan fingerprint density at radius 2 is 1.52 bits per heavy atom. The van der Waals surface area contributed by atoms with Gasteiger partial charge in [-0.05, 0) is 104 Å². The Hall–Kier alpha value is -0.760. The Bertz CT molecular complexity index is 1300. The van der Waals surface area contributed by atoms with Crippen molar-refractivity contribution in [3.8, 4) is 0 Å². The fourth-order valence-electron chi connectivity index (χ4n) is 12.0. The van der Waals surface area contributed by atoms with E-state index in [0.717, 1.165) is 74.0 Å². The van der Waals surface area contributed by atoms with Crippen molar-refractivity contribution in [2.45, 2.75) is 201 Å². The average molecular weight is 837 g/mol. The summed E-state index contributed by atoms with van der Waals surface area (Å²) in [5.74, 6) is 4.57. The maximum absolute atomic E-state index is 13.1. The lowest BCUT2D eigenvalue weighted by atomic mass is 9.47. The zero-order valence-corrected chi connectivity index (χ0v) is 40.0. The molecule has 4 aliphatic rings. The molecule has 0 aliphatic heterocycles. The van der Waals surface area contributed by atoms with E-state index in [4.69, 9.17) is 18.5 Å². The number of carbonyl (C=O) groups is 1. The second kappa shape index (κ2) is 23.6. The van der Waals surface area contributed by atoms with Gasteiger partial charge in [-0.15, -0.1) is 0 Å². The molecule has 3 saturated carbocycles. The first-order valence-corrected chi connectivity index (χ1v) is 25.9. The van der Waals surface area contributed by atoms with E-state index < -0.39 is 13.9 Å². The summed E-state index contributed by atoms with van der Waals surface area (Å²) in [4.78, 5) is 23.5. The van der Waals surface area contributed by atoms with Gasteiger partial charge in [0.25, 0.3) is 0 Å². The van der Waals surface area contributed by atoms with Gasteiger partial charge in [-0.25, -0.2) is 4.57 Å². The van der Waals surface area contributed by atoms with Gasteiger partial charge < -0.3 is 18.9 Å². The number of rotatable bonds is 28. The van der Waals surface area contributed by atoms with Crippen LogP contribution in [0.15, 0.2) is 11.6 Å². The number of phosphoric acid groups is 1. The molecule has 0 aromatic heterocycles. The van der Waals surface area contributed by atoms with Crippen molar-refractivity contribution in [3.63, 3.8) is 0 Å². The van der Waals surface area contributed by atoms with E-state index in [-0.39, 0.29) is 37.3 Å². The summed E-state index contributed by atoms with van der Waals surface area (Å²) in [5.41, 5.74) is 2.27. The van der Waals surface area contributed by atoms with Gasteiger partial charge in [-0.2, -0.15) is 0 Å². The summed E-state index contributed by atoms with van der Waals surface area (Å²) in [7, 11) is 1.67. The largest absolute Gasteiger partial charge is 0.472 e. The van der Waals surface area contributed by atoms with Crippen LogP contribution in [0.4, 0.5) is 0 Å². The highest BCUT2D eigenvalue weighted by Gasteiger charge is 2.59. The SMILES string of the molecule is CCCCCCCCCCCCCC(=O)OC(CO[C@H]1CC[C@@]2(C)C(=CC[C@H]3[C@@H]4CC[C@H]([C@H](C)CCCC(C)C)[C@@]4(C)CC[C@@H]32)C1)COP(=O)(O)OCC[N+](C)(C)C. The molecule has 3 fully saturated rings. The number of hydrogen-bond acceptors (Lipinski definition) is 6. The summed E-state index contributed by atoms with van der Waals surface area (Å²) in [6.45, 7) is 15.3. The molecular formula is C49H91NO7P+. The highest BCUT2D eigenvalue weighted by Crippen LogP contribution is 2.67. The fraction of sp³-hybridized carbons (Fsp3) is 0.939. The average Bonchev–Trinajstić information content (AvgIpc) is 3.51. The lowest BCUT2D eigenvalue weighted by Crippen LogP contribution is -2.51. The predicted octanol–water partition coefficient (Wildman–Crippen LogP) is 12.9. The molecule has 0 radical (unpaired) electrons. The van der Waals surface area contributed by atoms with Crippen molar-refractivity contribution >= 4 is 13.8 Å². The van der Waals surface area contributed by atoms with E-state index in [0.29, 0.717) is 22.9 Å². The van der Waals surface area contributed by atoms with Crippen molar-refractivity contribution in [1.82, 2.24) is 0 Å². The fourth-order valence-corrected chi connectivity index (χ4v) is 12.7. The molecule has 0 saturated heterocycles. The van der Waals surface area contributed by atoms with Crippen molar-refractivity contribution in [2.24, 2.45) is 46.3 Å². The summed E-state index contributed by atoms with van der Waals surface area (Å²) in [6.07, 6.45) is 29.4. The Kier molecular flexibility index (Phi) is 20.3. The zero-order valence-electron chi connectivity index (χ0n) is 39.1. The van der Waals surface area contributed by atoms with Crippen LogP contribution in [0.25, 0.3) is 0 Å². The van der Waals surface area contributed by atoms with Crippen LogP contribution < -0.4 is 0 Å². The third-order valence-electron chi connectivity index (χ3n) is 15.5. The van der Waals surface area contributed by atoms with Gasteiger partial charge >= 0.3 is 13.8 Å². The van der Waals surface area contributed by atoms with Gasteiger partial charge in [0, 0.05) is 6.42 Å². The third kappa shape index (κ3) is 15.2. The number of nitrogens with zero attached hydrogens (tertiary/aromatic N) is 1. The van der Waals surface area contributed by atoms with Crippen LogP contribution in [-0.2, 0) is 27.9 Å². The number of allylic oxidation sites excluding steroid dienone is 1. The topological polar surface area (TPSA) is 91.3 Å². The second-order valence-electron chi connectivity index (χ2n) is 21.5. The molecule has 9 heteroatoms. The number of likely N-dealkylation sites (N-methyl/N-ethyl adjacent to an activating group) is 1. The predicted molar refractivity (Wildman–Crippen MR) is 238 cm³/mol. The highest BCUT2D eigenvalue weighted by atomic mass is 31.2. The summed E-state index contributed by atoms with van der Waals surface area (Å²) in [5, 5.41) is 0. The summed E-state index contributed by atoms with van der Waals surface area (Å²) in [6, 6.07) is 0. The Balaban J connectivity index is 1.28. The van der Waals surface area contributed by atoms with Crippen molar-refractivity contribution in [2.75, 3.05) is 47.5 Å². The first kappa shape index (κ1) is 49.9. The van der Waals surface area contributed by atoms with E-state index in [2.05, 4.69) is 47.6 Å². The Labute approximate surface area is 356 Å². The number of quaternary nitrogens is 1. The van der Waals surface area contributed by atoms with Crippen LogP contribution in [0.1, 0.15) is 189 Å². The second-order valence-corrected chi connectivity index (χ2v) is 23.0. The molecule has 58 heavy (non-hydrogen) atoms. The molecule has 0 amide bonds. The molecule has 0 aromatic carbocycles. The number of phosphoric ester groups is 1. The Morgan fingerprint density at radius 3 is 2.17 bits per heavy atom. The van der Waals surface area contributed by atoms with Crippen molar-refractivity contribution in [3.05, 3.63) is 11.6 Å². The quantitative estimate of drug-likeness (QED) is 0.0276. The number of esters is 1. The van der Waals surface area contributed by atoms with Crippen LogP contribution >= 0.6 is 7.82 Å². The summed E-state index contributed by atoms with van der Waals surface area (Å²) >= 11 is 0. The van der Waals surface area contributed by atoms with Gasteiger partial charge in [-0.1, -0.05) is 137 Å². The van der Waals surface area contributed by atoms with Crippen molar-refractivity contribution in [1.29, 1.82) is 0 Å². The maximum Gasteiger partial charge on any atom is 0.472 e. The number of ether oxygens (including phenoxy) is 2. The van der Waals surface area contributed by atoms with Crippen LogP contribution in [0.2, 0.25) is 0 Å².